The lowest BCUT2D eigenvalue weighted by Gasteiger charge is -2.10. The molecule has 17 heavy (non-hydrogen) atoms. The summed E-state index contributed by atoms with van der Waals surface area (Å²) in [6, 6.07) is 6.19. The number of nitrogens with two attached hydrogens (primary N) is 1. The lowest BCUT2D eigenvalue weighted by molar-refractivity contribution is -0.136. The summed E-state index contributed by atoms with van der Waals surface area (Å²) in [4.78, 5) is 22.1. The molecule has 0 aromatic heterocycles. The number of carbonyl (C=O) groups excluding carboxylic acids is 1. The van der Waals surface area contributed by atoms with Crippen LogP contribution in [0.1, 0.15) is 18.9 Å². The Hall–Kier alpha value is -1.88. The smallest absolute Gasteiger partial charge is 0.307 e. The van der Waals surface area contributed by atoms with Gasteiger partial charge in [0.15, 0.2) is 0 Å². The van der Waals surface area contributed by atoms with E-state index < -0.39 is 12.0 Å². The number of nitrogens with one attached hydrogen (secondary N) is 1. The van der Waals surface area contributed by atoms with Gasteiger partial charge in [-0.1, -0.05) is 19.1 Å². The van der Waals surface area contributed by atoms with Gasteiger partial charge in [0.05, 0.1) is 12.5 Å². The molecule has 1 aromatic rings. The van der Waals surface area contributed by atoms with Crippen molar-refractivity contribution in [3.05, 3.63) is 29.8 Å². The Morgan fingerprint density at radius 1 is 1.47 bits per heavy atom. The summed E-state index contributed by atoms with van der Waals surface area (Å²) in [5.41, 5.74) is 6.78. The van der Waals surface area contributed by atoms with Crippen molar-refractivity contribution < 1.29 is 14.7 Å². The molecule has 5 heteroatoms. The molecule has 1 rings (SSSR count). The van der Waals surface area contributed by atoms with Gasteiger partial charge in [-0.3, -0.25) is 9.59 Å². The molecule has 0 radical (unpaired) electrons. The Morgan fingerprint density at radius 2 is 2.18 bits per heavy atom. The highest BCUT2D eigenvalue weighted by atomic mass is 16.4. The Morgan fingerprint density at radius 3 is 2.76 bits per heavy atom. The van der Waals surface area contributed by atoms with E-state index in [4.69, 9.17) is 10.8 Å². The number of carboxylic acid groups (broad SMARTS) is 1. The van der Waals surface area contributed by atoms with Crippen molar-refractivity contribution in [2.75, 3.05) is 5.32 Å². The number of aliphatic carboxylic acids is 1. The minimum atomic E-state index is -0.904. The quantitative estimate of drug-likeness (QED) is 0.710. The van der Waals surface area contributed by atoms with Crippen LogP contribution in [-0.2, 0) is 16.0 Å². The summed E-state index contributed by atoms with van der Waals surface area (Å²) >= 11 is 0. The molecule has 0 unspecified atom stereocenters. The Bertz CT molecular complexity index is 418. The van der Waals surface area contributed by atoms with E-state index in [1.165, 1.54) is 0 Å². The third kappa shape index (κ3) is 4.24. The standard InChI is InChI=1S/C12H16N2O3/c1-2-10(13)12(17)14-9-5-3-4-8(6-9)7-11(15)16/h3-6,10H,2,7,13H2,1H3,(H,14,17)(H,15,16)/t10-/m1/s1. The van der Waals surface area contributed by atoms with Crippen LogP contribution < -0.4 is 11.1 Å². The SMILES string of the molecule is CC[C@@H](N)C(=O)Nc1cccc(CC(=O)O)c1. The second-order valence-electron chi connectivity index (χ2n) is 3.77. The number of benzene rings is 1. The molecule has 0 saturated carbocycles. The summed E-state index contributed by atoms with van der Waals surface area (Å²) < 4.78 is 0. The summed E-state index contributed by atoms with van der Waals surface area (Å²) in [7, 11) is 0. The first-order valence-electron chi connectivity index (χ1n) is 5.40. The second kappa shape index (κ2) is 6.00. The molecule has 1 amide bonds. The highest BCUT2D eigenvalue weighted by molar-refractivity contribution is 5.94. The zero-order valence-electron chi connectivity index (χ0n) is 9.64. The van der Waals surface area contributed by atoms with Crippen LogP contribution in [0.4, 0.5) is 5.69 Å². The van der Waals surface area contributed by atoms with Crippen LogP contribution in [0, 0.1) is 0 Å². The van der Waals surface area contributed by atoms with Crippen molar-refractivity contribution in [3.8, 4) is 0 Å². The average Bonchev–Trinajstić information content (AvgIpc) is 2.27. The van der Waals surface area contributed by atoms with Crippen molar-refractivity contribution in [2.24, 2.45) is 5.73 Å². The maximum absolute atomic E-state index is 11.5. The number of hydrogen-bond donors (Lipinski definition) is 3. The van der Waals surface area contributed by atoms with Gasteiger partial charge in [-0.25, -0.2) is 0 Å². The molecule has 0 aliphatic carbocycles. The number of amides is 1. The summed E-state index contributed by atoms with van der Waals surface area (Å²) in [5, 5.41) is 11.3. The average molecular weight is 236 g/mol. The Kier molecular flexibility index (Phi) is 4.66. The fourth-order valence-electron chi connectivity index (χ4n) is 1.35. The lowest BCUT2D eigenvalue weighted by Crippen LogP contribution is -2.34. The maximum Gasteiger partial charge on any atom is 0.307 e. The molecule has 1 atom stereocenters. The van der Waals surface area contributed by atoms with Gasteiger partial charge in [-0.15, -0.1) is 0 Å². The topological polar surface area (TPSA) is 92.4 Å². The van der Waals surface area contributed by atoms with Crippen LogP contribution in [0.25, 0.3) is 0 Å². The molecule has 5 nitrogen and oxygen atoms in total. The van der Waals surface area contributed by atoms with Crippen molar-refractivity contribution in [2.45, 2.75) is 25.8 Å². The van der Waals surface area contributed by atoms with E-state index in [9.17, 15) is 9.59 Å². The monoisotopic (exact) mass is 236 g/mol. The highest BCUT2D eigenvalue weighted by Crippen LogP contribution is 2.11. The van der Waals surface area contributed by atoms with Crippen LogP contribution in [0.15, 0.2) is 24.3 Å². The maximum atomic E-state index is 11.5. The van der Waals surface area contributed by atoms with Gasteiger partial charge in [-0.05, 0) is 24.1 Å². The summed E-state index contributed by atoms with van der Waals surface area (Å²) in [6.07, 6.45) is 0.490. The van der Waals surface area contributed by atoms with Gasteiger partial charge < -0.3 is 16.2 Å². The molecule has 0 heterocycles. The first kappa shape index (κ1) is 13.2. The molecule has 0 aliphatic rings. The van der Waals surface area contributed by atoms with Crippen LogP contribution in [-0.4, -0.2) is 23.0 Å². The van der Waals surface area contributed by atoms with Crippen LogP contribution in [0.3, 0.4) is 0 Å². The molecule has 0 spiro atoms. The Balaban J connectivity index is 2.72. The lowest BCUT2D eigenvalue weighted by atomic mass is 10.1. The first-order valence-corrected chi connectivity index (χ1v) is 5.40. The molecule has 1 aromatic carbocycles. The minimum Gasteiger partial charge on any atom is -0.481 e. The van der Waals surface area contributed by atoms with Crippen molar-refractivity contribution in [1.29, 1.82) is 0 Å². The molecule has 4 N–H and O–H groups in total. The predicted octanol–water partition coefficient (Wildman–Crippen LogP) is 0.989. The largest absolute Gasteiger partial charge is 0.481 e. The number of hydrogen-bond acceptors (Lipinski definition) is 3. The number of rotatable bonds is 5. The van der Waals surface area contributed by atoms with Crippen LogP contribution >= 0.6 is 0 Å². The molecule has 0 aliphatic heterocycles. The number of carbonyl (C=O) groups is 2. The van der Waals surface area contributed by atoms with Crippen LogP contribution in [0.5, 0.6) is 0 Å². The van der Waals surface area contributed by atoms with E-state index in [0.717, 1.165) is 0 Å². The van der Waals surface area contributed by atoms with E-state index in [2.05, 4.69) is 5.32 Å². The van der Waals surface area contributed by atoms with Gasteiger partial charge in [0.25, 0.3) is 0 Å². The minimum absolute atomic E-state index is 0.0659. The zero-order chi connectivity index (χ0) is 12.8. The number of anilines is 1. The fraction of sp³-hybridized carbons (Fsp3) is 0.333. The van der Waals surface area contributed by atoms with Crippen molar-refractivity contribution in [3.63, 3.8) is 0 Å². The second-order valence-corrected chi connectivity index (χ2v) is 3.77. The number of carboxylic acids is 1. The van der Waals surface area contributed by atoms with E-state index in [1.54, 1.807) is 24.3 Å². The van der Waals surface area contributed by atoms with Gasteiger partial charge in [-0.2, -0.15) is 0 Å². The van der Waals surface area contributed by atoms with Gasteiger partial charge in [0.2, 0.25) is 5.91 Å². The third-order valence-electron chi connectivity index (χ3n) is 2.33. The molecular weight excluding hydrogens is 220 g/mol. The zero-order valence-corrected chi connectivity index (χ0v) is 9.64. The molecule has 0 bridgehead atoms. The van der Waals surface area contributed by atoms with Gasteiger partial charge >= 0.3 is 5.97 Å². The van der Waals surface area contributed by atoms with E-state index in [0.29, 0.717) is 17.7 Å². The molecular formula is C12H16N2O3. The van der Waals surface area contributed by atoms with Crippen molar-refractivity contribution >= 4 is 17.6 Å². The van der Waals surface area contributed by atoms with Gasteiger partial charge in [0.1, 0.15) is 0 Å². The predicted molar refractivity (Wildman–Crippen MR) is 64.7 cm³/mol. The third-order valence-corrected chi connectivity index (χ3v) is 2.33. The molecule has 92 valence electrons. The summed E-state index contributed by atoms with van der Waals surface area (Å²) in [6.45, 7) is 1.82. The van der Waals surface area contributed by atoms with E-state index >= 15 is 0 Å². The van der Waals surface area contributed by atoms with E-state index in [-0.39, 0.29) is 12.3 Å². The normalized spacial score (nSPS) is 11.9. The summed E-state index contributed by atoms with van der Waals surface area (Å²) in [5.74, 6) is -1.17. The van der Waals surface area contributed by atoms with Crippen molar-refractivity contribution in [1.82, 2.24) is 0 Å². The fourth-order valence-corrected chi connectivity index (χ4v) is 1.35. The highest BCUT2D eigenvalue weighted by Gasteiger charge is 2.11. The van der Waals surface area contributed by atoms with E-state index in [1.807, 2.05) is 6.92 Å². The van der Waals surface area contributed by atoms with Gasteiger partial charge in [0, 0.05) is 5.69 Å². The molecule has 0 fully saturated rings. The molecule has 0 saturated heterocycles. The first-order chi connectivity index (χ1) is 8.02. The Labute approximate surface area is 99.6 Å². The van der Waals surface area contributed by atoms with Crippen LogP contribution in [0.2, 0.25) is 0 Å².